The topological polar surface area (TPSA) is 109 Å². The predicted molar refractivity (Wildman–Crippen MR) is 123 cm³/mol. The molecule has 0 unspecified atom stereocenters. The van der Waals surface area contributed by atoms with Gasteiger partial charge < -0.3 is 24.2 Å². The molecule has 3 aromatic rings. The summed E-state index contributed by atoms with van der Waals surface area (Å²) in [6, 6.07) is 7.60. The number of aliphatic hydroxyl groups excluding tert-OH is 1. The summed E-state index contributed by atoms with van der Waals surface area (Å²) in [7, 11) is 1.58. The number of aryl methyl sites for hydroxylation is 2. The zero-order valence-electron chi connectivity index (χ0n) is 18.7. The molecule has 2 N–H and O–H groups in total. The van der Waals surface area contributed by atoms with Crippen molar-refractivity contribution in [3.05, 3.63) is 50.7 Å². The van der Waals surface area contributed by atoms with Gasteiger partial charge >= 0.3 is 5.69 Å². The molecule has 10 heteroatoms. The van der Waals surface area contributed by atoms with Crippen molar-refractivity contribution in [3.63, 3.8) is 0 Å². The molecule has 0 spiro atoms. The lowest BCUT2D eigenvalue weighted by atomic mass is 10.2. The van der Waals surface area contributed by atoms with E-state index in [-0.39, 0.29) is 18.7 Å². The molecule has 0 radical (unpaired) electrons. The van der Waals surface area contributed by atoms with E-state index in [2.05, 4.69) is 26.7 Å². The molecule has 0 saturated carbocycles. The first-order valence-corrected chi connectivity index (χ1v) is 10.9. The summed E-state index contributed by atoms with van der Waals surface area (Å²) >= 11 is 0. The SMILES string of the molecule is CCN1CCN(c2nc3c(c(=O)[nH]c(=O)n3C)n2C[C@@H](O)COc2ccc(C)cc2)CC1. The summed E-state index contributed by atoms with van der Waals surface area (Å²) in [5.74, 6) is 1.25. The molecule has 172 valence electrons. The number of aromatic nitrogens is 4. The Kier molecular flexibility index (Phi) is 6.33. The van der Waals surface area contributed by atoms with Crippen molar-refractivity contribution in [1.82, 2.24) is 24.0 Å². The van der Waals surface area contributed by atoms with Gasteiger partial charge in [0.2, 0.25) is 5.95 Å². The summed E-state index contributed by atoms with van der Waals surface area (Å²) in [5.41, 5.74) is 0.673. The van der Waals surface area contributed by atoms with Gasteiger partial charge in [0.1, 0.15) is 18.5 Å². The number of rotatable bonds is 7. The van der Waals surface area contributed by atoms with Gasteiger partial charge in [-0.3, -0.25) is 14.3 Å². The van der Waals surface area contributed by atoms with Crippen LogP contribution in [0.1, 0.15) is 12.5 Å². The summed E-state index contributed by atoms with van der Waals surface area (Å²) < 4.78 is 8.76. The van der Waals surface area contributed by atoms with Crippen molar-refractivity contribution < 1.29 is 9.84 Å². The molecule has 3 heterocycles. The summed E-state index contributed by atoms with van der Waals surface area (Å²) in [6.07, 6.45) is -0.874. The normalized spacial score (nSPS) is 15.9. The fourth-order valence-corrected chi connectivity index (χ4v) is 3.99. The average molecular weight is 443 g/mol. The van der Waals surface area contributed by atoms with Gasteiger partial charge in [-0.2, -0.15) is 4.98 Å². The Bertz CT molecular complexity index is 1190. The van der Waals surface area contributed by atoms with Crippen LogP contribution in [0.4, 0.5) is 5.95 Å². The van der Waals surface area contributed by atoms with Crippen LogP contribution < -0.4 is 20.9 Å². The largest absolute Gasteiger partial charge is 0.491 e. The molecule has 1 aliphatic rings. The van der Waals surface area contributed by atoms with Gasteiger partial charge in [-0.1, -0.05) is 24.6 Å². The zero-order valence-corrected chi connectivity index (χ0v) is 18.7. The lowest BCUT2D eigenvalue weighted by molar-refractivity contribution is 0.0935. The van der Waals surface area contributed by atoms with Gasteiger partial charge in [0.15, 0.2) is 11.2 Å². The van der Waals surface area contributed by atoms with E-state index in [0.717, 1.165) is 38.3 Å². The van der Waals surface area contributed by atoms with Crippen LogP contribution in [0.15, 0.2) is 33.9 Å². The number of anilines is 1. The smallest absolute Gasteiger partial charge is 0.329 e. The highest BCUT2D eigenvalue weighted by atomic mass is 16.5. The van der Waals surface area contributed by atoms with E-state index in [9.17, 15) is 14.7 Å². The van der Waals surface area contributed by atoms with Crippen LogP contribution in [0.2, 0.25) is 0 Å². The molecule has 1 saturated heterocycles. The minimum absolute atomic E-state index is 0.0649. The molecule has 4 rings (SSSR count). The van der Waals surface area contributed by atoms with Gasteiger partial charge in [0.25, 0.3) is 5.56 Å². The summed E-state index contributed by atoms with van der Waals surface area (Å²) in [5, 5.41) is 10.7. The van der Waals surface area contributed by atoms with Crippen molar-refractivity contribution in [2.45, 2.75) is 26.5 Å². The first-order chi connectivity index (χ1) is 15.4. The van der Waals surface area contributed by atoms with Crippen molar-refractivity contribution >= 4 is 17.1 Å². The van der Waals surface area contributed by atoms with Crippen LogP contribution in [-0.4, -0.2) is 74.5 Å². The number of fused-ring (bicyclic) bond motifs is 1. The molecular weight excluding hydrogens is 412 g/mol. The quantitative estimate of drug-likeness (QED) is 0.542. The Labute approximate surface area is 185 Å². The number of hydrogen-bond donors (Lipinski definition) is 2. The number of ether oxygens (including phenoxy) is 1. The molecule has 32 heavy (non-hydrogen) atoms. The number of benzene rings is 1. The fraction of sp³-hybridized carbons (Fsp3) is 0.500. The zero-order chi connectivity index (χ0) is 22.8. The molecule has 0 amide bonds. The van der Waals surface area contributed by atoms with E-state index in [1.165, 1.54) is 4.57 Å². The highest BCUT2D eigenvalue weighted by Gasteiger charge is 2.25. The molecule has 0 bridgehead atoms. The van der Waals surface area contributed by atoms with E-state index < -0.39 is 17.4 Å². The second kappa shape index (κ2) is 9.17. The fourth-order valence-electron chi connectivity index (χ4n) is 3.99. The molecule has 1 atom stereocenters. The van der Waals surface area contributed by atoms with Crippen LogP contribution in [0, 0.1) is 6.92 Å². The standard InChI is InChI=1S/C22H30N6O4/c1-4-26-9-11-27(12-10-26)21-23-19-18(20(30)24-22(31)25(19)3)28(21)13-16(29)14-32-17-7-5-15(2)6-8-17/h5-8,16,29H,4,9-14H2,1-3H3,(H,24,30,31)/t16-/m1/s1. The Morgan fingerprint density at radius 1 is 1.16 bits per heavy atom. The minimum atomic E-state index is -0.874. The Morgan fingerprint density at radius 2 is 1.84 bits per heavy atom. The molecule has 0 aliphatic carbocycles. The van der Waals surface area contributed by atoms with Crippen molar-refractivity contribution in [3.8, 4) is 5.75 Å². The third kappa shape index (κ3) is 4.42. The molecule has 1 aliphatic heterocycles. The van der Waals surface area contributed by atoms with Crippen molar-refractivity contribution in [1.29, 1.82) is 0 Å². The molecule has 1 fully saturated rings. The average Bonchev–Trinajstić information content (AvgIpc) is 3.17. The second-order valence-electron chi connectivity index (χ2n) is 8.21. The number of nitrogens with zero attached hydrogens (tertiary/aromatic N) is 5. The number of piperazine rings is 1. The maximum Gasteiger partial charge on any atom is 0.329 e. The van der Waals surface area contributed by atoms with E-state index in [1.807, 2.05) is 31.2 Å². The highest BCUT2D eigenvalue weighted by Crippen LogP contribution is 2.22. The third-order valence-corrected chi connectivity index (χ3v) is 5.95. The second-order valence-corrected chi connectivity index (χ2v) is 8.21. The van der Waals surface area contributed by atoms with Gasteiger partial charge in [0.05, 0.1) is 6.54 Å². The minimum Gasteiger partial charge on any atom is -0.491 e. The maximum atomic E-state index is 12.7. The Hall–Kier alpha value is -3.11. The van der Waals surface area contributed by atoms with E-state index in [4.69, 9.17) is 4.74 Å². The number of hydrogen-bond acceptors (Lipinski definition) is 7. The summed E-state index contributed by atoms with van der Waals surface area (Å²) in [6.45, 7) is 8.55. The predicted octanol–water partition coefficient (Wildman–Crippen LogP) is 0.314. The Morgan fingerprint density at radius 3 is 2.50 bits per heavy atom. The van der Waals surface area contributed by atoms with Crippen molar-refractivity contribution in [2.75, 3.05) is 44.2 Å². The lowest BCUT2D eigenvalue weighted by Gasteiger charge is -2.35. The monoisotopic (exact) mass is 442 g/mol. The van der Waals surface area contributed by atoms with E-state index in [0.29, 0.717) is 17.3 Å². The van der Waals surface area contributed by atoms with Gasteiger partial charge in [-0.05, 0) is 25.6 Å². The maximum absolute atomic E-state index is 12.7. The van der Waals surface area contributed by atoms with Crippen LogP contribution in [0.5, 0.6) is 5.75 Å². The third-order valence-electron chi connectivity index (χ3n) is 5.95. The van der Waals surface area contributed by atoms with Gasteiger partial charge in [0, 0.05) is 33.2 Å². The van der Waals surface area contributed by atoms with Crippen LogP contribution in [0.3, 0.4) is 0 Å². The molecule has 1 aromatic carbocycles. The van der Waals surface area contributed by atoms with E-state index >= 15 is 0 Å². The number of aliphatic hydroxyl groups is 1. The number of H-pyrrole nitrogens is 1. The Balaban J connectivity index is 1.63. The van der Waals surface area contributed by atoms with Crippen molar-refractivity contribution in [2.24, 2.45) is 7.05 Å². The molecule has 2 aromatic heterocycles. The van der Waals surface area contributed by atoms with E-state index in [1.54, 1.807) is 11.6 Å². The molecular formula is C22H30N6O4. The number of aromatic amines is 1. The first kappa shape index (κ1) is 22.1. The first-order valence-electron chi connectivity index (χ1n) is 10.9. The summed E-state index contributed by atoms with van der Waals surface area (Å²) in [4.78, 5) is 36.2. The van der Waals surface area contributed by atoms with Crippen LogP contribution in [-0.2, 0) is 13.6 Å². The highest BCUT2D eigenvalue weighted by molar-refractivity contribution is 5.74. The van der Waals surface area contributed by atoms with Gasteiger partial charge in [-0.25, -0.2) is 4.79 Å². The lowest BCUT2D eigenvalue weighted by Crippen LogP contribution is -2.47. The number of nitrogens with one attached hydrogen (secondary N) is 1. The number of imidazole rings is 1. The van der Waals surface area contributed by atoms with Crippen LogP contribution in [0.25, 0.3) is 11.2 Å². The van der Waals surface area contributed by atoms with Gasteiger partial charge in [-0.15, -0.1) is 0 Å². The number of likely N-dealkylation sites (N-methyl/N-ethyl adjacent to an activating group) is 1. The van der Waals surface area contributed by atoms with Crippen LogP contribution >= 0.6 is 0 Å². The molecule has 10 nitrogen and oxygen atoms in total.